The number of aliphatic hydroxyl groups excluding tert-OH is 3. The van der Waals surface area contributed by atoms with E-state index in [0.717, 1.165) is 22.3 Å². The molecule has 4 rings (SSSR count). The minimum atomic E-state index is -1.61. The van der Waals surface area contributed by atoms with Gasteiger partial charge in [-0.15, -0.1) is 0 Å². The number of nitrogens with zero attached hydrogens (tertiary/aromatic N) is 2. The molecule has 0 amide bonds. The van der Waals surface area contributed by atoms with E-state index >= 15 is 0 Å². The molecule has 2 atom stereocenters. The van der Waals surface area contributed by atoms with Gasteiger partial charge in [0.2, 0.25) is 0 Å². The number of hydrogen-bond donors (Lipinski definition) is 6. The summed E-state index contributed by atoms with van der Waals surface area (Å²) in [4.78, 5) is 15.9. The monoisotopic (exact) mass is 752 g/mol. The van der Waals surface area contributed by atoms with Gasteiger partial charge in [0, 0.05) is 48.2 Å². The highest BCUT2D eigenvalue weighted by molar-refractivity contribution is 6.35. The predicted molar refractivity (Wildman–Crippen MR) is 197 cm³/mol. The van der Waals surface area contributed by atoms with Crippen LogP contribution in [0.1, 0.15) is 41.2 Å². The molecule has 0 bridgehead atoms. The summed E-state index contributed by atoms with van der Waals surface area (Å²) in [5.74, 6) is 0.00275. The van der Waals surface area contributed by atoms with Crippen molar-refractivity contribution in [2.75, 3.05) is 32.9 Å². The molecule has 0 aliphatic heterocycles. The van der Waals surface area contributed by atoms with Crippen LogP contribution in [0.25, 0.3) is 11.1 Å². The first-order valence-corrected chi connectivity index (χ1v) is 17.3. The number of carbonyl (C=O) groups is 1. The zero-order valence-electron chi connectivity index (χ0n) is 28.9. The molecular formula is C38H42Cl2N4O8. The number of pyridine rings is 1. The number of nitriles is 1. The summed E-state index contributed by atoms with van der Waals surface area (Å²) < 4.78 is 18.3. The molecule has 3 aromatic carbocycles. The first-order chi connectivity index (χ1) is 25.0. The van der Waals surface area contributed by atoms with Crippen LogP contribution in [-0.4, -0.2) is 75.9 Å². The Morgan fingerprint density at radius 2 is 1.73 bits per heavy atom. The molecule has 0 saturated heterocycles. The third-order valence-corrected chi connectivity index (χ3v) is 9.00. The quantitative estimate of drug-likeness (QED) is 0.0663. The van der Waals surface area contributed by atoms with Gasteiger partial charge >= 0.3 is 5.97 Å². The van der Waals surface area contributed by atoms with Crippen molar-refractivity contribution in [3.63, 3.8) is 0 Å². The van der Waals surface area contributed by atoms with E-state index in [4.69, 9.17) is 42.5 Å². The van der Waals surface area contributed by atoms with E-state index in [-0.39, 0.29) is 31.4 Å². The highest BCUT2D eigenvalue weighted by Gasteiger charge is 2.32. The summed E-state index contributed by atoms with van der Waals surface area (Å²) in [7, 11) is 0. The molecule has 1 aromatic heterocycles. The molecule has 4 aromatic rings. The van der Waals surface area contributed by atoms with Crippen molar-refractivity contribution >= 4 is 29.2 Å². The molecule has 52 heavy (non-hydrogen) atoms. The Labute approximate surface area is 312 Å². The van der Waals surface area contributed by atoms with Crippen LogP contribution in [0.2, 0.25) is 10.0 Å². The Hall–Kier alpha value is -4.45. The van der Waals surface area contributed by atoms with Gasteiger partial charge in [-0.25, -0.2) is 0 Å². The van der Waals surface area contributed by atoms with Gasteiger partial charge in [-0.1, -0.05) is 53.5 Å². The van der Waals surface area contributed by atoms with Crippen LogP contribution in [0.3, 0.4) is 0 Å². The molecule has 0 spiro atoms. The van der Waals surface area contributed by atoms with E-state index in [0.29, 0.717) is 65.1 Å². The second-order valence-corrected chi connectivity index (χ2v) is 13.0. The Bertz CT molecular complexity index is 1870. The van der Waals surface area contributed by atoms with Crippen LogP contribution < -0.4 is 24.8 Å². The van der Waals surface area contributed by atoms with Gasteiger partial charge in [0.25, 0.3) is 0 Å². The van der Waals surface area contributed by atoms with Crippen molar-refractivity contribution in [1.29, 1.82) is 5.26 Å². The fourth-order valence-corrected chi connectivity index (χ4v) is 5.59. The molecule has 0 aliphatic rings. The third kappa shape index (κ3) is 10.8. The second-order valence-electron chi connectivity index (χ2n) is 12.3. The molecule has 0 fully saturated rings. The third-order valence-electron chi connectivity index (χ3n) is 8.32. The number of carboxylic acids is 1. The second kappa shape index (κ2) is 19.4. The SMILES string of the molecule is Cc1c(COc2cc(OCc3cncc(C#N)c3)c(CNC(C)(CO)C(=O)O)cc2Cl)cccc1-c1cccc(OCCCNCC(O)CO)c1Cl. The van der Waals surface area contributed by atoms with E-state index in [2.05, 4.69) is 15.6 Å². The van der Waals surface area contributed by atoms with Crippen LogP contribution in [0.5, 0.6) is 17.2 Å². The van der Waals surface area contributed by atoms with Crippen molar-refractivity contribution < 1.29 is 39.4 Å². The first kappa shape index (κ1) is 40.3. The van der Waals surface area contributed by atoms with E-state index in [1.165, 1.54) is 13.1 Å². The maximum Gasteiger partial charge on any atom is 0.326 e. The van der Waals surface area contributed by atoms with E-state index in [1.54, 1.807) is 30.5 Å². The van der Waals surface area contributed by atoms with Crippen LogP contribution >= 0.6 is 23.2 Å². The lowest BCUT2D eigenvalue weighted by molar-refractivity contribution is -0.145. The summed E-state index contributed by atoms with van der Waals surface area (Å²) in [6.45, 7) is 3.93. The summed E-state index contributed by atoms with van der Waals surface area (Å²) >= 11 is 13.5. The number of halogens is 2. The number of aliphatic carboxylic acids is 1. The van der Waals surface area contributed by atoms with Gasteiger partial charge < -0.3 is 40.0 Å². The predicted octanol–water partition coefficient (Wildman–Crippen LogP) is 5.03. The zero-order chi connectivity index (χ0) is 37.7. The van der Waals surface area contributed by atoms with Gasteiger partial charge in [-0.2, -0.15) is 5.26 Å². The highest BCUT2D eigenvalue weighted by Crippen LogP contribution is 2.38. The number of rotatable bonds is 20. The molecule has 0 aliphatic carbocycles. The van der Waals surface area contributed by atoms with E-state index < -0.39 is 24.2 Å². The number of benzene rings is 3. The van der Waals surface area contributed by atoms with E-state index in [9.17, 15) is 25.4 Å². The maximum absolute atomic E-state index is 11.8. The first-order valence-electron chi connectivity index (χ1n) is 16.5. The fraction of sp³-hybridized carbons (Fsp3) is 0.342. The lowest BCUT2D eigenvalue weighted by Gasteiger charge is -2.25. The minimum Gasteiger partial charge on any atom is -0.492 e. The largest absolute Gasteiger partial charge is 0.492 e. The molecule has 12 nitrogen and oxygen atoms in total. The minimum absolute atomic E-state index is 0.00548. The van der Waals surface area contributed by atoms with Crippen LogP contribution in [0.4, 0.5) is 0 Å². The van der Waals surface area contributed by atoms with Gasteiger partial charge in [0.05, 0.1) is 41.5 Å². The topological polar surface area (TPSA) is 186 Å². The molecule has 1 heterocycles. The summed E-state index contributed by atoms with van der Waals surface area (Å²) in [5.41, 5.74) is 3.43. The highest BCUT2D eigenvalue weighted by atomic mass is 35.5. The maximum atomic E-state index is 11.8. The molecule has 0 saturated carbocycles. The Balaban J connectivity index is 1.52. The Morgan fingerprint density at radius 3 is 2.46 bits per heavy atom. The van der Waals surface area contributed by atoms with Gasteiger partial charge in [-0.05, 0) is 61.7 Å². The van der Waals surface area contributed by atoms with Crippen LogP contribution in [0, 0.1) is 18.3 Å². The van der Waals surface area contributed by atoms with Crippen molar-refractivity contribution in [1.82, 2.24) is 15.6 Å². The van der Waals surface area contributed by atoms with Gasteiger partial charge in [0.15, 0.2) is 0 Å². The number of aromatic nitrogens is 1. The van der Waals surface area contributed by atoms with Crippen LogP contribution in [-0.2, 0) is 24.6 Å². The van der Waals surface area contributed by atoms with Gasteiger partial charge in [-0.3, -0.25) is 15.1 Å². The summed E-state index contributed by atoms with van der Waals surface area (Å²) in [6.07, 6.45) is 2.90. The standard InChI is InChI=1S/C38H42Cl2N4O8/c1-24-27(6-3-7-30(24)31-8-4-9-33(36(31)40)50-11-5-10-42-19-29(47)20-45)22-52-35-14-34(51-21-26-12-25(15-41)16-43-17-26)28(13-32(35)39)18-44-38(2,23-46)37(48)49/h3-4,6-9,12-14,16-17,29,42,44-47H,5,10-11,18-23H2,1-2H3,(H,48,49). The van der Waals surface area contributed by atoms with Crippen LogP contribution in [0.15, 0.2) is 67.0 Å². The smallest absolute Gasteiger partial charge is 0.326 e. The molecule has 0 radical (unpaired) electrons. The van der Waals surface area contributed by atoms with E-state index in [1.807, 2.05) is 43.3 Å². The zero-order valence-corrected chi connectivity index (χ0v) is 30.4. The number of hydrogen-bond acceptors (Lipinski definition) is 11. The lowest BCUT2D eigenvalue weighted by Crippen LogP contribution is -2.52. The lowest BCUT2D eigenvalue weighted by atomic mass is 9.96. The molecule has 14 heteroatoms. The molecular weight excluding hydrogens is 711 g/mol. The molecule has 6 N–H and O–H groups in total. The summed E-state index contributed by atoms with van der Waals surface area (Å²) in [6, 6.07) is 18.4. The van der Waals surface area contributed by atoms with Crippen molar-refractivity contribution in [3.05, 3.63) is 105 Å². The number of nitrogens with one attached hydrogen (secondary N) is 2. The van der Waals surface area contributed by atoms with Gasteiger partial charge in [0.1, 0.15) is 42.1 Å². The average molecular weight is 754 g/mol. The van der Waals surface area contributed by atoms with Crippen molar-refractivity contribution in [3.8, 4) is 34.4 Å². The normalized spacial score (nSPS) is 12.8. The average Bonchev–Trinajstić information content (AvgIpc) is 3.15. The number of aliphatic hydroxyl groups is 3. The Morgan fingerprint density at radius 1 is 0.981 bits per heavy atom. The number of carboxylic acid groups (broad SMARTS) is 1. The molecule has 276 valence electrons. The van der Waals surface area contributed by atoms with Crippen molar-refractivity contribution in [2.24, 2.45) is 0 Å². The fourth-order valence-electron chi connectivity index (χ4n) is 5.07. The number of ether oxygens (including phenoxy) is 3. The van der Waals surface area contributed by atoms with Crippen molar-refractivity contribution in [2.45, 2.75) is 51.7 Å². The Kier molecular flexibility index (Phi) is 15.0. The molecule has 2 unspecified atom stereocenters. The summed E-state index contributed by atoms with van der Waals surface area (Å²) in [5, 5.41) is 53.6.